The molecule has 11 aromatic rings. The summed E-state index contributed by atoms with van der Waals surface area (Å²) in [5.74, 6) is 0. The van der Waals surface area contributed by atoms with Crippen LogP contribution in [0.4, 0.5) is 0 Å². The smallest absolute Gasteiger partial charge is 0.0361 e. The highest BCUT2D eigenvalue weighted by atomic mass is 32.1. The molecule has 0 radical (unpaired) electrons. The second-order valence-corrected chi connectivity index (χ2v) is 14.2. The summed E-state index contributed by atoms with van der Waals surface area (Å²) >= 11 is 1.88. The molecule has 0 unspecified atom stereocenters. The Balaban J connectivity index is 1.17. The van der Waals surface area contributed by atoms with Crippen LogP contribution in [0.5, 0.6) is 0 Å². The minimum absolute atomic E-state index is 1.24. The number of thiophene rings is 1. The van der Waals surface area contributed by atoms with Crippen LogP contribution < -0.4 is 0 Å². The maximum atomic E-state index is 2.44. The van der Waals surface area contributed by atoms with Gasteiger partial charge in [-0.3, -0.25) is 0 Å². The lowest BCUT2D eigenvalue weighted by atomic mass is 9.86. The van der Waals surface area contributed by atoms with E-state index >= 15 is 0 Å². The second-order valence-electron chi connectivity index (χ2n) is 13.2. The molecule has 0 aliphatic rings. The normalized spacial score (nSPS) is 12.1. The summed E-state index contributed by atoms with van der Waals surface area (Å²) in [6, 6.07) is 63.2. The summed E-state index contributed by atoms with van der Waals surface area (Å²) in [7, 11) is 0. The molecule has 0 atom stereocenters. The van der Waals surface area contributed by atoms with Crippen LogP contribution in [0, 0.1) is 0 Å². The molecule has 1 heteroatoms. The fraction of sp³-hybridized carbons (Fsp3) is 0. The molecule has 10 aromatic carbocycles. The minimum Gasteiger partial charge on any atom is -0.135 e. The van der Waals surface area contributed by atoms with Crippen LogP contribution in [-0.4, -0.2) is 0 Å². The van der Waals surface area contributed by atoms with Gasteiger partial charge >= 0.3 is 0 Å². The van der Waals surface area contributed by atoms with E-state index in [9.17, 15) is 0 Å². The van der Waals surface area contributed by atoms with Crippen LogP contribution in [0.15, 0.2) is 170 Å². The van der Waals surface area contributed by atoms with E-state index in [1.807, 2.05) is 11.3 Å². The zero-order valence-corrected chi connectivity index (χ0v) is 27.4. The van der Waals surface area contributed by atoms with E-state index in [2.05, 4.69) is 170 Å². The van der Waals surface area contributed by atoms with E-state index in [0.29, 0.717) is 0 Å². The molecular formula is C48H28S. The van der Waals surface area contributed by atoms with Gasteiger partial charge in [-0.15, -0.1) is 11.3 Å². The van der Waals surface area contributed by atoms with E-state index < -0.39 is 0 Å². The molecule has 1 heterocycles. The third-order valence-corrected chi connectivity index (χ3v) is 11.8. The lowest BCUT2D eigenvalue weighted by Gasteiger charge is -2.17. The lowest BCUT2D eigenvalue weighted by molar-refractivity contribution is 1.67. The Kier molecular flexibility index (Phi) is 5.64. The molecule has 0 amide bonds. The summed E-state index contributed by atoms with van der Waals surface area (Å²) < 4.78 is 2.67. The Morgan fingerprint density at radius 2 is 0.633 bits per heavy atom. The van der Waals surface area contributed by atoms with Gasteiger partial charge < -0.3 is 0 Å². The highest BCUT2D eigenvalue weighted by Crippen LogP contribution is 2.46. The Morgan fingerprint density at radius 3 is 1.20 bits per heavy atom. The van der Waals surface area contributed by atoms with Crippen molar-refractivity contribution in [2.24, 2.45) is 0 Å². The largest absolute Gasteiger partial charge is 0.135 e. The number of hydrogen-bond donors (Lipinski definition) is 0. The molecule has 0 aliphatic carbocycles. The van der Waals surface area contributed by atoms with Crippen molar-refractivity contribution in [2.75, 3.05) is 0 Å². The van der Waals surface area contributed by atoms with Gasteiger partial charge in [0.1, 0.15) is 0 Å². The first kappa shape index (κ1) is 27.0. The van der Waals surface area contributed by atoms with E-state index in [1.165, 1.54) is 107 Å². The monoisotopic (exact) mass is 636 g/mol. The maximum absolute atomic E-state index is 2.44. The maximum Gasteiger partial charge on any atom is 0.0361 e. The van der Waals surface area contributed by atoms with Gasteiger partial charge in [0.15, 0.2) is 0 Å². The first-order chi connectivity index (χ1) is 24.3. The van der Waals surface area contributed by atoms with Gasteiger partial charge in [0, 0.05) is 20.2 Å². The quantitative estimate of drug-likeness (QED) is 0.166. The fourth-order valence-corrected chi connectivity index (χ4v) is 9.63. The summed E-state index contributed by atoms with van der Waals surface area (Å²) in [6.45, 7) is 0. The number of fused-ring (bicyclic) bond motifs is 15. The third kappa shape index (κ3) is 3.85. The van der Waals surface area contributed by atoms with Crippen molar-refractivity contribution in [3.05, 3.63) is 170 Å². The molecule has 226 valence electrons. The van der Waals surface area contributed by atoms with Crippen molar-refractivity contribution in [1.82, 2.24) is 0 Å². The molecule has 11 rings (SSSR count). The van der Waals surface area contributed by atoms with E-state index in [1.54, 1.807) is 0 Å². The van der Waals surface area contributed by atoms with Crippen molar-refractivity contribution in [2.45, 2.75) is 0 Å². The average molecular weight is 637 g/mol. The van der Waals surface area contributed by atoms with Crippen LogP contribution in [0.2, 0.25) is 0 Å². The SMILES string of the molecule is c1ccc2c(c1)sc1cc(-c3ccc(-c4ccc5c(c4)c4ccccc4c4c6ccccc6c6ccccc6c54)c4ccccc34)ccc12. The highest BCUT2D eigenvalue weighted by molar-refractivity contribution is 7.25. The zero-order valence-electron chi connectivity index (χ0n) is 26.6. The fourth-order valence-electron chi connectivity index (χ4n) is 8.49. The Labute approximate surface area is 287 Å². The third-order valence-electron chi connectivity index (χ3n) is 10.6. The minimum atomic E-state index is 1.24. The molecule has 1 aromatic heterocycles. The lowest BCUT2D eigenvalue weighted by Crippen LogP contribution is -1.90. The predicted molar refractivity (Wildman–Crippen MR) is 215 cm³/mol. The van der Waals surface area contributed by atoms with Gasteiger partial charge in [0.25, 0.3) is 0 Å². The molecule has 0 aliphatic heterocycles. The number of rotatable bonds is 2. The van der Waals surface area contributed by atoms with Gasteiger partial charge in [-0.2, -0.15) is 0 Å². The molecule has 0 spiro atoms. The first-order valence-electron chi connectivity index (χ1n) is 16.9. The Bertz CT molecular complexity index is 3160. The molecule has 0 bridgehead atoms. The van der Waals surface area contributed by atoms with Crippen LogP contribution in [0.1, 0.15) is 0 Å². The van der Waals surface area contributed by atoms with Gasteiger partial charge in [-0.1, -0.05) is 152 Å². The van der Waals surface area contributed by atoms with Crippen LogP contribution in [0.3, 0.4) is 0 Å². The van der Waals surface area contributed by atoms with Crippen molar-refractivity contribution in [3.8, 4) is 22.3 Å². The Hall–Kier alpha value is -6.02. The molecule has 0 saturated carbocycles. The molecule has 49 heavy (non-hydrogen) atoms. The first-order valence-corrected chi connectivity index (χ1v) is 17.7. The number of hydrogen-bond acceptors (Lipinski definition) is 1. The molecule has 0 nitrogen and oxygen atoms in total. The van der Waals surface area contributed by atoms with Crippen molar-refractivity contribution >= 4 is 96.1 Å². The zero-order chi connectivity index (χ0) is 32.1. The second kappa shape index (κ2) is 10.2. The van der Waals surface area contributed by atoms with Gasteiger partial charge in [0.2, 0.25) is 0 Å². The highest BCUT2D eigenvalue weighted by Gasteiger charge is 2.17. The Morgan fingerprint density at radius 1 is 0.245 bits per heavy atom. The van der Waals surface area contributed by atoms with E-state index in [4.69, 9.17) is 0 Å². The van der Waals surface area contributed by atoms with Crippen LogP contribution in [-0.2, 0) is 0 Å². The number of benzene rings is 10. The summed E-state index contributed by atoms with van der Waals surface area (Å²) in [5, 5.41) is 18.4. The summed E-state index contributed by atoms with van der Waals surface area (Å²) in [6.07, 6.45) is 0. The van der Waals surface area contributed by atoms with Crippen molar-refractivity contribution in [1.29, 1.82) is 0 Å². The van der Waals surface area contributed by atoms with Gasteiger partial charge in [-0.05, 0) is 105 Å². The van der Waals surface area contributed by atoms with Gasteiger partial charge in [-0.25, -0.2) is 0 Å². The van der Waals surface area contributed by atoms with Gasteiger partial charge in [0.05, 0.1) is 0 Å². The summed E-state index contributed by atoms with van der Waals surface area (Å²) in [4.78, 5) is 0. The van der Waals surface area contributed by atoms with Crippen molar-refractivity contribution < 1.29 is 0 Å². The standard InChI is InChI=1S/C48H28S/c1-2-12-34-32(30-21-23-39-38-16-9-10-20-45(38)49-46(39)28-30)26-25-31(33(34)11-1)29-22-24-43-44(27-29)37-15-5-8-19-42(37)47-40-17-6-3-13-35(40)36-14-4-7-18-41(36)48(43)47/h1-28H. The molecule has 0 fully saturated rings. The average Bonchev–Trinajstić information content (AvgIpc) is 3.55. The molecule has 0 saturated heterocycles. The molecular weight excluding hydrogens is 609 g/mol. The summed E-state index contributed by atoms with van der Waals surface area (Å²) in [5.41, 5.74) is 5.03. The van der Waals surface area contributed by atoms with E-state index in [-0.39, 0.29) is 0 Å². The van der Waals surface area contributed by atoms with Crippen LogP contribution >= 0.6 is 11.3 Å². The topological polar surface area (TPSA) is 0 Å². The molecule has 0 N–H and O–H groups in total. The predicted octanol–water partition coefficient (Wildman–Crippen LogP) is 14.3. The van der Waals surface area contributed by atoms with Crippen LogP contribution in [0.25, 0.3) is 107 Å². The van der Waals surface area contributed by atoms with E-state index in [0.717, 1.165) is 0 Å². The van der Waals surface area contributed by atoms with Crippen molar-refractivity contribution in [3.63, 3.8) is 0 Å².